The molecule has 0 aliphatic carbocycles. The number of para-hydroxylation sites is 2. The maximum atomic E-state index is 12.0. The van der Waals surface area contributed by atoms with Crippen LogP contribution >= 0.6 is 0 Å². The highest BCUT2D eigenvalue weighted by molar-refractivity contribution is 5.78. The third-order valence-corrected chi connectivity index (χ3v) is 4.12. The number of nitrogens with one attached hydrogen (secondary N) is 1. The number of aromatic nitrogens is 2. The highest BCUT2D eigenvalue weighted by Crippen LogP contribution is 2.15. The molecule has 5 nitrogen and oxygen atoms in total. The van der Waals surface area contributed by atoms with E-state index in [1.54, 1.807) is 0 Å². The number of nitrogens with zero attached hydrogens (tertiary/aromatic N) is 2. The van der Waals surface area contributed by atoms with Crippen LogP contribution in [-0.2, 0) is 24.7 Å². The molecule has 1 aromatic heterocycles. The molecule has 1 amide bonds. The molecular formula is C19H22N4O. The van der Waals surface area contributed by atoms with E-state index >= 15 is 0 Å². The standard InChI is InChI=1S/C19H22N4O/c1-23-17-6-3-2-5-16(17)22-18(23)7-4-12-21-19(24)13-14-8-10-15(20)11-9-14/h2-3,5-6,8-11H,4,7,12-13,20H2,1H3,(H,21,24). The van der Waals surface area contributed by atoms with Gasteiger partial charge in [-0.25, -0.2) is 4.98 Å². The van der Waals surface area contributed by atoms with Crippen LogP contribution in [0, 0.1) is 0 Å². The summed E-state index contributed by atoms with van der Waals surface area (Å²) >= 11 is 0. The van der Waals surface area contributed by atoms with Gasteiger partial charge >= 0.3 is 0 Å². The molecule has 0 saturated carbocycles. The van der Waals surface area contributed by atoms with Gasteiger partial charge in [0.1, 0.15) is 5.82 Å². The molecule has 0 unspecified atom stereocenters. The van der Waals surface area contributed by atoms with Crippen LogP contribution in [0.4, 0.5) is 5.69 Å². The third kappa shape index (κ3) is 3.74. The van der Waals surface area contributed by atoms with Crippen LogP contribution in [0.5, 0.6) is 0 Å². The van der Waals surface area contributed by atoms with Crippen molar-refractivity contribution in [3.63, 3.8) is 0 Å². The first kappa shape index (κ1) is 16.1. The lowest BCUT2D eigenvalue weighted by Gasteiger charge is -2.06. The largest absolute Gasteiger partial charge is 0.399 e. The van der Waals surface area contributed by atoms with Crippen molar-refractivity contribution in [2.45, 2.75) is 19.3 Å². The lowest BCUT2D eigenvalue weighted by atomic mass is 10.1. The van der Waals surface area contributed by atoms with Gasteiger partial charge in [-0.15, -0.1) is 0 Å². The van der Waals surface area contributed by atoms with Gasteiger partial charge in [-0.05, 0) is 36.2 Å². The molecule has 0 saturated heterocycles. The SMILES string of the molecule is Cn1c(CCCNC(=O)Cc2ccc(N)cc2)nc2ccccc21. The fraction of sp³-hybridized carbons (Fsp3) is 0.263. The van der Waals surface area contributed by atoms with Gasteiger partial charge in [0.25, 0.3) is 0 Å². The van der Waals surface area contributed by atoms with Gasteiger partial charge in [0, 0.05) is 25.7 Å². The van der Waals surface area contributed by atoms with E-state index in [1.807, 2.05) is 49.5 Å². The van der Waals surface area contributed by atoms with E-state index in [9.17, 15) is 4.79 Å². The Morgan fingerprint density at radius 1 is 1.17 bits per heavy atom. The third-order valence-electron chi connectivity index (χ3n) is 4.12. The van der Waals surface area contributed by atoms with E-state index in [2.05, 4.69) is 20.9 Å². The first-order chi connectivity index (χ1) is 11.6. The summed E-state index contributed by atoms with van der Waals surface area (Å²) in [6, 6.07) is 15.5. The number of fused-ring (bicyclic) bond motifs is 1. The van der Waals surface area contributed by atoms with Gasteiger partial charge in [0.2, 0.25) is 5.91 Å². The van der Waals surface area contributed by atoms with Crippen molar-refractivity contribution in [2.75, 3.05) is 12.3 Å². The predicted molar refractivity (Wildman–Crippen MR) is 96.6 cm³/mol. The second-order valence-corrected chi connectivity index (χ2v) is 5.95. The van der Waals surface area contributed by atoms with Crippen LogP contribution < -0.4 is 11.1 Å². The van der Waals surface area contributed by atoms with E-state index in [0.29, 0.717) is 18.7 Å². The van der Waals surface area contributed by atoms with E-state index in [4.69, 9.17) is 5.73 Å². The number of hydrogen-bond donors (Lipinski definition) is 2. The molecule has 0 aliphatic rings. The zero-order valence-corrected chi connectivity index (χ0v) is 13.8. The summed E-state index contributed by atoms with van der Waals surface area (Å²) in [4.78, 5) is 16.6. The summed E-state index contributed by atoms with van der Waals surface area (Å²) in [5.74, 6) is 1.08. The van der Waals surface area contributed by atoms with Gasteiger partial charge in [-0.2, -0.15) is 0 Å². The fourth-order valence-electron chi connectivity index (χ4n) is 2.78. The van der Waals surface area contributed by atoms with E-state index < -0.39 is 0 Å². The number of hydrogen-bond acceptors (Lipinski definition) is 3. The molecule has 124 valence electrons. The van der Waals surface area contributed by atoms with Crippen LogP contribution in [-0.4, -0.2) is 22.0 Å². The maximum Gasteiger partial charge on any atom is 0.224 e. The number of amides is 1. The summed E-state index contributed by atoms with van der Waals surface area (Å²) < 4.78 is 2.12. The summed E-state index contributed by atoms with van der Waals surface area (Å²) in [6.07, 6.45) is 2.09. The van der Waals surface area contributed by atoms with Crippen molar-refractivity contribution in [1.82, 2.24) is 14.9 Å². The minimum absolute atomic E-state index is 0.0322. The van der Waals surface area contributed by atoms with Crippen molar-refractivity contribution >= 4 is 22.6 Å². The number of benzene rings is 2. The minimum atomic E-state index is 0.0322. The van der Waals surface area contributed by atoms with Crippen LogP contribution in [0.2, 0.25) is 0 Å². The monoisotopic (exact) mass is 322 g/mol. The maximum absolute atomic E-state index is 12.0. The molecule has 3 rings (SSSR count). The van der Waals surface area contributed by atoms with Crippen molar-refractivity contribution in [3.8, 4) is 0 Å². The van der Waals surface area contributed by atoms with Crippen molar-refractivity contribution in [1.29, 1.82) is 0 Å². The summed E-state index contributed by atoms with van der Waals surface area (Å²) in [7, 11) is 2.03. The van der Waals surface area contributed by atoms with Crippen LogP contribution in [0.3, 0.4) is 0 Å². The van der Waals surface area contributed by atoms with Crippen LogP contribution in [0.25, 0.3) is 11.0 Å². The van der Waals surface area contributed by atoms with E-state index in [-0.39, 0.29) is 5.91 Å². The highest BCUT2D eigenvalue weighted by Gasteiger charge is 2.07. The molecule has 5 heteroatoms. The molecule has 0 fully saturated rings. The number of imidazole rings is 1. The first-order valence-electron chi connectivity index (χ1n) is 8.15. The van der Waals surface area contributed by atoms with E-state index in [0.717, 1.165) is 35.3 Å². The van der Waals surface area contributed by atoms with E-state index in [1.165, 1.54) is 0 Å². The molecule has 3 aromatic rings. The zero-order chi connectivity index (χ0) is 16.9. The summed E-state index contributed by atoms with van der Waals surface area (Å²) in [6.45, 7) is 0.650. The molecule has 0 spiro atoms. The average molecular weight is 322 g/mol. The number of rotatable bonds is 6. The minimum Gasteiger partial charge on any atom is -0.399 e. The second-order valence-electron chi connectivity index (χ2n) is 5.95. The predicted octanol–water partition coefficient (Wildman–Crippen LogP) is 2.45. The Hall–Kier alpha value is -2.82. The van der Waals surface area contributed by atoms with Gasteiger partial charge in [-0.1, -0.05) is 24.3 Å². The number of nitrogen functional groups attached to an aromatic ring is 1. The smallest absolute Gasteiger partial charge is 0.224 e. The van der Waals surface area contributed by atoms with Crippen molar-refractivity contribution < 1.29 is 4.79 Å². The van der Waals surface area contributed by atoms with Gasteiger partial charge in [0.15, 0.2) is 0 Å². The molecule has 0 atom stereocenters. The molecule has 3 N–H and O–H groups in total. The number of aryl methyl sites for hydroxylation is 2. The fourth-order valence-corrected chi connectivity index (χ4v) is 2.78. The van der Waals surface area contributed by atoms with Crippen LogP contribution in [0.15, 0.2) is 48.5 Å². The molecular weight excluding hydrogens is 300 g/mol. The molecule has 0 radical (unpaired) electrons. The lowest BCUT2D eigenvalue weighted by Crippen LogP contribution is -2.26. The van der Waals surface area contributed by atoms with Gasteiger partial charge in [-0.3, -0.25) is 4.79 Å². The molecule has 2 aromatic carbocycles. The highest BCUT2D eigenvalue weighted by atomic mass is 16.1. The molecule has 24 heavy (non-hydrogen) atoms. The molecule has 1 heterocycles. The van der Waals surface area contributed by atoms with Crippen molar-refractivity contribution in [3.05, 3.63) is 59.9 Å². The van der Waals surface area contributed by atoms with Crippen LogP contribution in [0.1, 0.15) is 17.8 Å². The number of anilines is 1. The first-order valence-corrected chi connectivity index (χ1v) is 8.15. The number of nitrogens with two attached hydrogens (primary N) is 1. The Bertz CT molecular complexity index is 836. The summed E-state index contributed by atoms with van der Waals surface area (Å²) in [5, 5.41) is 2.96. The Labute approximate surface area is 141 Å². The Morgan fingerprint density at radius 3 is 2.67 bits per heavy atom. The Morgan fingerprint density at radius 2 is 1.92 bits per heavy atom. The number of carbonyl (C=O) groups is 1. The lowest BCUT2D eigenvalue weighted by molar-refractivity contribution is -0.120. The quantitative estimate of drug-likeness (QED) is 0.541. The normalized spacial score (nSPS) is 10.9. The molecule has 0 bridgehead atoms. The second kappa shape index (κ2) is 7.17. The average Bonchev–Trinajstić information content (AvgIpc) is 2.90. The zero-order valence-electron chi connectivity index (χ0n) is 13.8. The Balaban J connectivity index is 1.47. The topological polar surface area (TPSA) is 72.9 Å². The summed E-state index contributed by atoms with van der Waals surface area (Å²) in [5.41, 5.74) is 9.48. The van der Waals surface area contributed by atoms with Crippen molar-refractivity contribution in [2.24, 2.45) is 7.05 Å². The Kier molecular flexibility index (Phi) is 4.79. The van der Waals surface area contributed by atoms with Gasteiger partial charge < -0.3 is 15.6 Å². The molecule has 0 aliphatic heterocycles. The number of carbonyl (C=O) groups excluding carboxylic acids is 1. The van der Waals surface area contributed by atoms with Gasteiger partial charge in [0.05, 0.1) is 17.5 Å².